The number of aryl methyl sites for hydroxylation is 1. The van der Waals surface area contributed by atoms with Crippen LogP contribution in [0.15, 0.2) is 48.8 Å². The van der Waals surface area contributed by atoms with Gasteiger partial charge in [0.1, 0.15) is 36.0 Å². The molecule has 2 aromatic heterocycles. The Balaban J connectivity index is 1.26. The lowest BCUT2D eigenvalue weighted by atomic mass is 9.88. The molecule has 4 atom stereocenters. The second kappa shape index (κ2) is 11.3. The molecule has 0 spiro atoms. The fourth-order valence-electron chi connectivity index (χ4n) is 5.93. The third-order valence-electron chi connectivity index (χ3n) is 8.12. The van der Waals surface area contributed by atoms with Gasteiger partial charge >= 0.3 is 0 Å². The highest BCUT2D eigenvalue weighted by atomic mass is 35.5. The standard InChI is InChI=1S/C30H30ClFN8O3/c1-15-3-5-21(31)28-25(15)26(16(2)14-43-28)37-30(42)23-10-19(32)12-39(23)24(41)13-40-22-6-4-17(18-7-8-35-36-11-18)9-20(22)27(38-40)29(33)34/h3-9,11,16,19,23,26H,10,12-14H2,1-2H3,(H3,33,34)(H,37,42). The first-order valence-electron chi connectivity index (χ1n) is 13.9. The third kappa shape index (κ3) is 5.27. The van der Waals surface area contributed by atoms with E-state index in [0.29, 0.717) is 28.3 Å². The highest BCUT2D eigenvalue weighted by molar-refractivity contribution is 6.32. The number of ether oxygens (including phenoxy) is 1. The number of likely N-dealkylation sites (tertiary alicyclic amines) is 1. The van der Waals surface area contributed by atoms with Crippen molar-refractivity contribution >= 4 is 40.2 Å². The molecule has 6 rings (SSSR count). The summed E-state index contributed by atoms with van der Waals surface area (Å²) in [5.41, 5.74) is 9.95. The number of amides is 2. The van der Waals surface area contributed by atoms with E-state index in [1.54, 1.807) is 30.6 Å². The van der Waals surface area contributed by atoms with Gasteiger partial charge < -0.3 is 20.7 Å². The van der Waals surface area contributed by atoms with Crippen LogP contribution < -0.4 is 15.8 Å². The third-order valence-corrected chi connectivity index (χ3v) is 8.41. The van der Waals surface area contributed by atoms with Crippen LogP contribution in [0.2, 0.25) is 5.02 Å². The molecule has 2 aromatic carbocycles. The number of hydrogen-bond donors (Lipinski definition) is 3. The van der Waals surface area contributed by atoms with Gasteiger partial charge in [0.2, 0.25) is 11.8 Å². The molecule has 0 radical (unpaired) electrons. The minimum absolute atomic E-state index is 0.0754. The van der Waals surface area contributed by atoms with Crippen LogP contribution in [0.25, 0.3) is 22.0 Å². The van der Waals surface area contributed by atoms with Crippen LogP contribution in [0, 0.1) is 18.3 Å². The lowest BCUT2D eigenvalue weighted by molar-refractivity contribution is -0.139. The predicted molar refractivity (Wildman–Crippen MR) is 159 cm³/mol. The molecule has 2 amide bonds. The molecule has 43 heavy (non-hydrogen) atoms. The minimum Gasteiger partial charge on any atom is -0.491 e. The van der Waals surface area contributed by atoms with Crippen molar-refractivity contribution in [2.45, 2.75) is 45.1 Å². The quantitative estimate of drug-likeness (QED) is 0.225. The molecule has 2 aliphatic heterocycles. The maximum Gasteiger partial charge on any atom is 0.245 e. The summed E-state index contributed by atoms with van der Waals surface area (Å²) in [6, 6.07) is 9.45. The summed E-state index contributed by atoms with van der Waals surface area (Å²) in [7, 11) is 0. The summed E-state index contributed by atoms with van der Waals surface area (Å²) < 4.78 is 22.1. The molecular formula is C30H30ClFN8O3. The molecule has 222 valence electrons. The fraction of sp³-hybridized carbons (Fsp3) is 0.333. The molecule has 11 nitrogen and oxygen atoms in total. The number of benzene rings is 2. The van der Waals surface area contributed by atoms with Gasteiger partial charge in [-0.3, -0.25) is 19.7 Å². The van der Waals surface area contributed by atoms with E-state index in [2.05, 4.69) is 20.6 Å². The highest BCUT2D eigenvalue weighted by Gasteiger charge is 2.42. The number of amidine groups is 1. The zero-order valence-electron chi connectivity index (χ0n) is 23.6. The number of nitrogens with two attached hydrogens (primary N) is 1. The summed E-state index contributed by atoms with van der Waals surface area (Å²) in [5, 5.41) is 24.3. The largest absolute Gasteiger partial charge is 0.491 e. The maximum atomic E-state index is 14.8. The van der Waals surface area contributed by atoms with Crippen molar-refractivity contribution in [2.75, 3.05) is 13.2 Å². The summed E-state index contributed by atoms with van der Waals surface area (Å²) >= 11 is 6.38. The molecule has 4 aromatic rings. The molecule has 4 heterocycles. The van der Waals surface area contributed by atoms with Gasteiger partial charge in [0.05, 0.1) is 42.1 Å². The van der Waals surface area contributed by atoms with E-state index in [9.17, 15) is 14.0 Å². The van der Waals surface area contributed by atoms with Gasteiger partial charge in [-0.15, -0.1) is 0 Å². The van der Waals surface area contributed by atoms with Crippen LogP contribution >= 0.6 is 11.6 Å². The van der Waals surface area contributed by atoms with Crippen LogP contribution in [0.1, 0.15) is 36.2 Å². The number of carbonyl (C=O) groups is 2. The summed E-state index contributed by atoms with van der Waals surface area (Å²) in [4.78, 5) is 28.5. The fourth-order valence-corrected chi connectivity index (χ4v) is 6.15. The molecule has 2 aliphatic rings. The number of nitrogen functional groups attached to an aromatic ring is 1. The van der Waals surface area contributed by atoms with E-state index in [-0.39, 0.29) is 37.0 Å². The number of carbonyl (C=O) groups excluding carboxylic acids is 2. The van der Waals surface area contributed by atoms with Gasteiger partial charge in [0.25, 0.3) is 0 Å². The van der Waals surface area contributed by atoms with Crippen LogP contribution in [-0.2, 0) is 16.1 Å². The number of hydrogen-bond acceptors (Lipinski definition) is 7. The number of halogens is 2. The van der Waals surface area contributed by atoms with Crippen molar-refractivity contribution in [1.82, 2.24) is 30.2 Å². The molecule has 4 unspecified atom stereocenters. The van der Waals surface area contributed by atoms with Gasteiger partial charge in [-0.1, -0.05) is 30.7 Å². The van der Waals surface area contributed by atoms with Crippen LogP contribution in [0.5, 0.6) is 5.75 Å². The van der Waals surface area contributed by atoms with Crippen LogP contribution in [0.3, 0.4) is 0 Å². The Morgan fingerprint density at radius 1 is 1.21 bits per heavy atom. The monoisotopic (exact) mass is 604 g/mol. The summed E-state index contributed by atoms with van der Waals surface area (Å²) in [6.45, 7) is 3.75. The Kier molecular flexibility index (Phi) is 7.47. The van der Waals surface area contributed by atoms with E-state index in [1.807, 2.05) is 32.0 Å². The average molecular weight is 605 g/mol. The SMILES string of the molecule is Cc1ccc(Cl)c2c1C(NC(=O)C1CC(F)CN1C(=O)Cn1nc(C(=N)N)c3cc(-c4ccnnc4)ccc31)C(C)CO2. The first-order chi connectivity index (χ1) is 20.6. The van der Waals surface area contributed by atoms with Crippen molar-refractivity contribution < 1.29 is 18.7 Å². The molecule has 0 saturated carbocycles. The molecule has 0 aliphatic carbocycles. The van der Waals surface area contributed by atoms with E-state index in [1.165, 1.54) is 9.58 Å². The number of aromatic nitrogens is 4. The number of nitrogens with zero attached hydrogens (tertiary/aromatic N) is 5. The van der Waals surface area contributed by atoms with Crippen LogP contribution in [0.4, 0.5) is 4.39 Å². The Labute approximate surface area is 251 Å². The Bertz CT molecular complexity index is 1750. The van der Waals surface area contributed by atoms with Crippen molar-refractivity contribution in [3.8, 4) is 16.9 Å². The van der Waals surface area contributed by atoms with E-state index < -0.39 is 30.1 Å². The van der Waals surface area contributed by atoms with Gasteiger partial charge in [0, 0.05) is 28.9 Å². The molecule has 0 bridgehead atoms. The second-order valence-corrected chi connectivity index (χ2v) is 11.5. The van der Waals surface area contributed by atoms with Crippen molar-refractivity contribution in [2.24, 2.45) is 11.7 Å². The molecular weight excluding hydrogens is 575 g/mol. The molecule has 1 fully saturated rings. The predicted octanol–water partition coefficient (Wildman–Crippen LogP) is 3.56. The molecule has 4 N–H and O–H groups in total. The average Bonchev–Trinajstić information content (AvgIpc) is 3.57. The Morgan fingerprint density at radius 3 is 2.77 bits per heavy atom. The topological polar surface area (TPSA) is 152 Å². The summed E-state index contributed by atoms with van der Waals surface area (Å²) in [6.07, 6.45) is 1.73. The normalized spacial score (nSPS) is 21.3. The van der Waals surface area contributed by atoms with Crippen molar-refractivity contribution in [1.29, 1.82) is 5.41 Å². The molecule has 13 heteroatoms. The number of nitrogens with one attached hydrogen (secondary N) is 2. The van der Waals surface area contributed by atoms with Crippen LogP contribution in [-0.4, -0.2) is 67.9 Å². The van der Waals surface area contributed by atoms with Crippen molar-refractivity contribution in [3.63, 3.8) is 0 Å². The van der Waals surface area contributed by atoms with Gasteiger partial charge in [-0.2, -0.15) is 15.3 Å². The smallest absolute Gasteiger partial charge is 0.245 e. The van der Waals surface area contributed by atoms with Crippen molar-refractivity contribution in [3.05, 3.63) is 70.6 Å². The number of rotatable bonds is 6. The first kappa shape index (κ1) is 28.5. The zero-order chi connectivity index (χ0) is 30.4. The Morgan fingerprint density at radius 2 is 2.02 bits per heavy atom. The minimum atomic E-state index is -1.35. The van der Waals surface area contributed by atoms with E-state index >= 15 is 0 Å². The summed E-state index contributed by atoms with van der Waals surface area (Å²) in [5.74, 6) is -0.717. The Hall–Kier alpha value is -4.58. The maximum absolute atomic E-state index is 14.8. The number of fused-ring (bicyclic) bond motifs is 2. The number of alkyl halides is 1. The van der Waals surface area contributed by atoms with Gasteiger partial charge in [0.15, 0.2) is 0 Å². The van der Waals surface area contributed by atoms with Gasteiger partial charge in [-0.25, -0.2) is 4.39 Å². The lowest BCUT2D eigenvalue weighted by Crippen LogP contribution is -2.49. The van der Waals surface area contributed by atoms with E-state index in [0.717, 1.165) is 22.3 Å². The molecule has 1 saturated heterocycles. The van der Waals surface area contributed by atoms with E-state index in [4.69, 9.17) is 27.5 Å². The zero-order valence-corrected chi connectivity index (χ0v) is 24.3. The highest BCUT2D eigenvalue weighted by Crippen LogP contribution is 2.42. The second-order valence-electron chi connectivity index (χ2n) is 11.1. The lowest BCUT2D eigenvalue weighted by Gasteiger charge is -2.35. The first-order valence-corrected chi connectivity index (χ1v) is 14.3. The van der Waals surface area contributed by atoms with Gasteiger partial charge in [-0.05, 0) is 42.3 Å².